The van der Waals surface area contributed by atoms with Crippen molar-refractivity contribution < 1.29 is 18.4 Å². The number of carbonyl (C=O) groups is 2. The van der Waals surface area contributed by atoms with Crippen molar-refractivity contribution >= 4 is 40.8 Å². The quantitative estimate of drug-likeness (QED) is 0.457. The molecule has 0 radical (unpaired) electrons. The van der Waals surface area contributed by atoms with E-state index in [1.54, 1.807) is 13.0 Å². The average Bonchev–Trinajstić information content (AvgIpc) is 3.46. The maximum Gasteiger partial charge on any atom is 0.289 e. The Morgan fingerprint density at radius 2 is 2.11 bits per heavy atom. The number of aromatic nitrogens is 2. The van der Waals surface area contributed by atoms with Gasteiger partial charge in [-0.15, -0.1) is 0 Å². The van der Waals surface area contributed by atoms with E-state index in [9.17, 15) is 18.4 Å². The summed E-state index contributed by atoms with van der Waals surface area (Å²) < 4.78 is 25.6. The van der Waals surface area contributed by atoms with E-state index in [1.165, 1.54) is 24.5 Å². The number of nitrogens with one attached hydrogen (secondary N) is 2. The molecular formula is C19H20F2N4O2S. The largest absolute Gasteiger partial charge is 0.339 e. The van der Waals surface area contributed by atoms with Crippen molar-refractivity contribution in [2.75, 3.05) is 10.6 Å². The number of nitrogens with zero attached hydrogens (tertiary/aromatic N) is 2. The van der Waals surface area contributed by atoms with Crippen molar-refractivity contribution in [1.82, 2.24) is 9.97 Å². The van der Waals surface area contributed by atoms with Gasteiger partial charge < -0.3 is 10.6 Å². The monoisotopic (exact) mass is 406 g/mol. The van der Waals surface area contributed by atoms with Gasteiger partial charge in [0.1, 0.15) is 11.6 Å². The molecule has 6 nitrogen and oxygen atoms in total. The summed E-state index contributed by atoms with van der Waals surface area (Å²) in [7, 11) is 0. The normalized spacial score (nSPS) is 13.4. The zero-order valence-corrected chi connectivity index (χ0v) is 16.1. The highest BCUT2D eigenvalue weighted by molar-refractivity contribution is 7.99. The van der Waals surface area contributed by atoms with Crippen LogP contribution < -0.4 is 10.6 Å². The number of ketones is 1. The van der Waals surface area contributed by atoms with E-state index in [2.05, 4.69) is 20.6 Å². The Kier molecular flexibility index (Phi) is 6.56. The number of hydrogen-bond donors (Lipinski definition) is 2. The van der Waals surface area contributed by atoms with Crippen molar-refractivity contribution in [3.05, 3.63) is 36.2 Å². The number of halogens is 2. The fourth-order valence-electron chi connectivity index (χ4n) is 2.62. The summed E-state index contributed by atoms with van der Waals surface area (Å²) in [5, 5.41) is 5.67. The van der Waals surface area contributed by atoms with E-state index >= 15 is 0 Å². The van der Waals surface area contributed by atoms with Crippen LogP contribution in [-0.4, -0.2) is 27.4 Å². The average molecular weight is 406 g/mol. The number of rotatable bonds is 9. The molecule has 9 heteroatoms. The minimum absolute atomic E-state index is 0.137. The summed E-state index contributed by atoms with van der Waals surface area (Å²) in [6.07, 6.45) is 5.66. The number of amides is 1. The summed E-state index contributed by atoms with van der Waals surface area (Å²) >= 11 is 0.364. The standard InChI is InChI=1S/C19H20F2N4O2S/c1-2-14(26)12-10-23-16(25-17(27)8-11-5-6-11)9-13(12)24-18-15(28-19(20)21)4-3-7-22-18/h3-4,7,9-11,19H,2,5-6,8H2,1H3,(H2,22,23,24,25,27). The van der Waals surface area contributed by atoms with Crippen molar-refractivity contribution in [3.8, 4) is 0 Å². The van der Waals surface area contributed by atoms with E-state index < -0.39 is 5.76 Å². The molecule has 3 rings (SSSR count). The van der Waals surface area contributed by atoms with E-state index in [0.717, 1.165) is 12.8 Å². The fraction of sp³-hybridized carbons (Fsp3) is 0.368. The van der Waals surface area contributed by atoms with E-state index in [-0.39, 0.29) is 28.8 Å². The third kappa shape index (κ3) is 5.48. The minimum Gasteiger partial charge on any atom is -0.339 e. The number of anilines is 3. The van der Waals surface area contributed by atoms with Gasteiger partial charge in [0, 0.05) is 31.3 Å². The van der Waals surface area contributed by atoms with Crippen molar-refractivity contribution in [2.45, 2.75) is 43.3 Å². The lowest BCUT2D eigenvalue weighted by Crippen LogP contribution is -2.14. The Morgan fingerprint density at radius 3 is 2.79 bits per heavy atom. The summed E-state index contributed by atoms with van der Waals surface area (Å²) in [5.41, 5.74) is 0.666. The first-order valence-electron chi connectivity index (χ1n) is 8.96. The zero-order chi connectivity index (χ0) is 20.1. The van der Waals surface area contributed by atoms with Crippen molar-refractivity contribution in [3.63, 3.8) is 0 Å². The first kappa shape index (κ1) is 20.2. The van der Waals surface area contributed by atoms with E-state index in [4.69, 9.17) is 0 Å². The molecule has 0 aliphatic heterocycles. The molecule has 2 aromatic heterocycles. The van der Waals surface area contributed by atoms with Gasteiger partial charge in [0.15, 0.2) is 5.78 Å². The minimum atomic E-state index is -2.60. The molecule has 0 atom stereocenters. The van der Waals surface area contributed by atoms with E-state index in [0.29, 0.717) is 41.2 Å². The van der Waals surface area contributed by atoms with Crippen LogP contribution in [0.25, 0.3) is 0 Å². The molecule has 2 heterocycles. The highest BCUT2D eigenvalue weighted by Crippen LogP contribution is 2.34. The van der Waals surface area contributed by atoms with Gasteiger partial charge in [-0.2, -0.15) is 8.78 Å². The van der Waals surface area contributed by atoms with Crippen LogP contribution in [-0.2, 0) is 4.79 Å². The highest BCUT2D eigenvalue weighted by atomic mass is 32.2. The number of Topliss-reactive ketones (excluding diaryl/α,β-unsaturated/α-hetero) is 1. The van der Waals surface area contributed by atoms with Crippen LogP contribution in [0.4, 0.5) is 26.1 Å². The molecule has 1 saturated carbocycles. The van der Waals surface area contributed by atoms with Gasteiger partial charge in [0.05, 0.1) is 16.1 Å². The Morgan fingerprint density at radius 1 is 1.32 bits per heavy atom. The molecule has 2 aromatic rings. The second kappa shape index (κ2) is 9.09. The lowest BCUT2D eigenvalue weighted by Gasteiger charge is -2.14. The van der Waals surface area contributed by atoms with Crippen LogP contribution in [0.15, 0.2) is 35.5 Å². The Balaban J connectivity index is 1.87. The van der Waals surface area contributed by atoms with Gasteiger partial charge in [0.2, 0.25) is 5.91 Å². The molecule has 148 valence electrons. The molecule has 0 saturated heterocycles. The Labute approximate surface area is 165 Å². The molecule has 1 amide bonds. The Hall–Kier alpha value is -2.55. The molecule has 2 N–H and O–H groups in total. The molecule has 1 aliphatic carbocycles. The van der Waals surface area contributed by atoms with Crippen LogP contribution in [0.5, 0.6) is 0 Å². The number of hydrogen-bond acceptors (Lipinski definition) is 6. The number of thioether (sulfide) groups is 1. The molecule has 0 unspecified atom stereocenters. The first-order valence-corrected chi connectivity index (χ1v) is 9.84. The van der Waals surface area contributed by atoms with Crippen LogP contribution >= 0.6 is 11.8 Å². The lowest BCUT2D eigenvalue weighted by molar-refractivity contribution is -0.116. The molecule has 28 heavy (non-hydrogen) atoms. The van der Waals surface area contributed by atoms with Gasteiger partial charge in [0.25, 0.3) is 5.76 Å². The SMILES string of the molecule is CCC(=O)c1cnc(NC(=O)CC2CC2)cc1Nc1ncccc1SC(F)F. The summed E-state index contributed by atoms with van der Waals surface area (Å²) in [6, 6.07) is 4.61. The highest BCUT2D eigenvalue weighted by Gasteiger charge is 2.24. The van der Waals surface area contributed by atoms with Crippen molar-refractivity contribution in [1.29, 1.82) is 0 Å². The van der Waals surface area contributed by atoms with Gasteiger partial charge in [-0.05, 0) is 30.9 Å². The van der Waals surface area contributed by atoms with Gasteiger partial charge >= 0.3 is 0 Å². The summed E-state index contributed by atoms with van der Waals surface area (Å²) in [4.78, 5) is 32.8. The van der Waals surface area contributed by atoms with Crippen LogP contribution in [0, 0.1) is 5.92 Å². The van der Waals surface area contributed by atoms with Gasteiger partial charge in [-0.25, -0.2) is 9.97 Å². The zero-order valence-electron chi connectivity index (χ0n) is 15.2. The molecule has 0 aromatic carbocycles. The first-order chi connectivity index (χ1) is 13.5. The number of alkyl halides is 2. The smallest absolute Gasteiger partial charge is 0.289 e. The van der Waals surface area contributed by atoms with Crippen LogP contribution in [0.3, 0.4) is 0 Å². The van der Waals surface area contributed by atoms with Crippen LogP contribution in [0.2, 0.25) is 0 Å². The maximum atomic E-state index is 12.8. The van der Waals surface area contributed by atoms with Crippen molar-refractivity contribution in [2.24, 2.45) is 5.92 Å². The van der Waals surface area contributed by atoms with Gasteiger partial charge in [-0.3, -0.25) is 9.59 Å². The number of carbonyl (C=O) groups excluding carboxylic acids is 2. The third-order valence-corrected chi connectivity index (χ3v) is 4.97. The molecule has 0 bridgehead atoms. The molecule has 1 fully saturated rings. The maximum absolute atomic E-state index is 12.8. The van der Waals surface area contributed by atoms with E-state index in [1.807, 2.05) is 0 Å². The molecule has 0 spiro atoms. The predicted molar refractivity (Wildman–Crippen MR) is 104 cm³/mol. The second-order valence-electron chi connectivity index (χ2n) is 6.44. The summed E-state index contributed by atoms with van der Waals surface area (Å²) in [5.74, 6) is -1.97. The number of pyridine rings is 2. The lowest BCUT2D eigenvalue weighted by atomic mass is 10.1. The Bertz CT molecular complexity index is 875. The summed E-state index contributed by atoms with van der Waals surface area (Å²) in [6.45, 7) is 1.72. The fourth-order valence-corrected chi connectivity index (χ4v) is 3.19. The van der Waals surface area contributed by atoms with Crippen LogP contribution in [0.1, 0.15) is 43.0 Å². The third-order valence-electron chi connectivity index (χ3n) is 4.20. The molecular weight excluding hydrogens is 386 g/mol. The predicted octanol–water partition coefficient (Wildman–Crippen LogP) is 4.87. The molecule has 1 aliphatic rings. The second-order valence-corrected chi connectivity index (χ2v) is 7.47. The topological polar surface area (TPSA) is 84.0 Å². The van der Waals surface area contributed by atoms with Gasteiger partial charge in [-0.1, -0.05) is 18.7 Å².